The molecule has 1 fully saturated rings. The molecule has 2 atom stereocenters. The fraction of sp³-hybridized carbons (Fsp3) is 0.438. The minimum absolute atomic E-state index is 0.180. The van der Waals surface area contributed by atoms with Crippen molar-refractivity contribution in [1.82, 2.24) is 0 Å². The van der Waals surface area contributed by atoms with Gasteiger partial charge in [0.2, 0.25) is 0 Å². The molecule has 0 heterocycles. The van der Waals surface area contributed by atoms with E-state index in [2.05, 4.69) is 6.58 Å². The standard InChI is InChI=1S/C16H14F4O/c1-6(2)16(7(3)21)8-4-5-9(16)11-10(8)12(17)14(19)15(20)13(11)18/h8-9H,1,4-5H2,2-3H3/t8-,9-/m1/s1. The highest BCUT2D eigenvalue weighted by atomic mass is 19.2. The maximum Gasteiger partial charge on any atom is 0.197 e. The van der Waals surface area contributed by atoms with Gasteiger partial charge in [-0.25, -0.2) is 17.6 Å². The molecule has 0 saturated heterocycles. The molecular formula is C16H14F4O. The Kier molecular flexibility index (Phi) is 2.85. The van der Waals surface area contributed by atoms with Gasteiger partial charge in [-0.05, 0) is 26.7 Å². The number of hydrogen-bond donors (Lipinski definition) is 0. The lowest BCUT2D eigenvalue weighted by Crippen LogP contribution is -2.33. The maximum absolute atomic E-state index is 14.1. The number of fused-ring (bicyclic) bond motifs is 5. The monoisotopic (exact) mass is 298 g/mol. The van der Waals surface area contributed by atoms with E-state index in [9.17, 15) is 22.4 Å². The largest absolute Gasteiger partial charge is 0.299 e. The molecule has 0 radical (unpaired) electrons. The van der Waals surface area contributed by atoms with E-state index in [-0.39, 0.29) is 16.9 Å². The highest BCUT2D eigenvalue weighted by molar-refractivity contribution is 5.90. The quantitative estimate of drug-likeness (QED) is 0.343. The van der Waals surface area contributed by atoms with Gasteiger partial charge in [-0.15, -0.1) is 0 Å². The first-order valence-electron chi connectivity index (χ1n) is 6.78. The molecule has 1 aromatic carbocycles. The van der Waals surface area contributed by atoms with Gasteiger partial charge in [-0.1, -0.05) is 12.2 Å². The van der Waals surface area contributed by atoms with Crippen LogP contribution in [0.2, 0.25) is 0 Å². The van der Waals surface area contributed by atoms with Gasteiger partial charge < -0.3 is 0 Å². The molecule has 1 saturated carbocycles. The number of ketones is 1. The summed E-state index contributed by atoms with van der Waals surface area (Å²) in [4.78, 5) is 12.2. The van der Waals surface area contributed by atoms with Crippen molar-refractivity contribution in [3.8, 4) is 0 Å². The number of benzene rings is 1. The number of Topliss-reactive ketones (excluding diaryl/α,β-unsaturated/α-hetero) is 1. The summed E-state index contributed by atoms with van der Waals surface area (Å²) in [6.07, 6.45) is 0.872. The molecule has 1 aromatic rings. The Morgan fingerprint density at radius 3 is 1.62 bits per heavy atom. The Morgan fingerprint density at radius 1 is 0.952 bits per heavy atom. The molecule has 0 aliphatic heterocycles. The number of allylic oxidation sites excluding steroid dienone is 1. The molecule has 0 N–H and O–H groups in total. The Labute approximate surface area is 119 Å². The van der Waals surface area contributed by atoms with Gasteiger partial charge in [0.15, 0.2) is 23.3 Å². The van der Waals surface area contributed by atoms with Crippen LogP contribution in [-0.4, -0.2) is 5.78 Å². The number of halogens is 4. The predicted octanol–water partition coefficient (Wildman–Crippen LogP) is 4.37. The lowest BCUT2D eigenvalue weighted by molar-refractivity contribution is -0.125. The van der Waals surface area contributed by atoms with E-state index in [4.69, 9.17) is 0 Å². The SMILES string of the molecule is C=C(C)C1(C(C)=O)[C@@H]2CC[C@@H]1c1c(F)c(F)c(F)c(F)c12. The van der Waals surface area contributed by atoms with Crippen LogP contribution in [0.4, 0.5) is 17.6 Å². The van der Waals surface area contributed by atoms with Crippen molar-refractivity contribution in [1.29, 1.82) is 0 Å². The van der Waals surface area contributed by atoms with Crippen LogP contribution in [0.1, 0.15) is 49.7 Å². The lowest BCUT2D eigenvalue weighted by Gasteiger charge is -2.32. The molecule has 2 aliphatic rings. The molecule has 0 spiro atoms. The summed E-state index contributed by atoms with van der Waals surface area (Å²) in [5, 5.41) is 0. The average Bonchev–Trinajstić information content (AvgIpc) is 2.94. The van der Waals surface area contributed by atoms with Crippen molar-refractivity contribution < 1.29 is 22.4 Å². The zero-order valence-electron chi connectivity index (χ0n) is 11.7. The maximum atomic E-state index is 14.1. The van der Waals surface area contributed by atoms with Crippen molar-refractivity contribution in [2.75, 3.05) is 0 Å². The highest BCUT2D eigenvalue weighted by Gasteiger charge is 2.63. The number of carbonyl (C=O) groups is 1. The molecule has 2 bridgehead atoms. The lowest BCUT2D eigenvalue weighted by atomic mass is 9.68. The molecule has 112 valence electrons. The van der Waals surface area contributed by atoms with Gasteiger partial charge in [0, 0.05) is 23.0 Å². The third-order valence-corrected chi connectivity index (χ3v) is 5.17. The summed E-state index contributed by atoms with van der Waals surface area (Å²) in [6.45, 7) is 6.77. The predicted molar refractivity (Wildman–Crippen MR) is 68.9 cm³/mol. The molecule has 3 rings (SSSR count). The Bertz CT molecular complexity index is 633. The number of rotatable bonds is 2. The van der Waals surface area contributed by atoms with Gasteiger partial charge in [0.25, 0.3) is 0 Å². The third kappa shape index (κ3) is 1.39. The van der Waals surface area contributed by atoms with Crippen LogP contribution in [0.15, 0.2) is 12.2 Å². The fourth-order valence-corrected chi connectivity index (χ4v) is 4.51. The normalized spacial score (nSPS) is 29.6. The molecule has 1 nitrogen and oxygen atoms in total. The van der Waals surface area contributed by atoms with E-state index in [1.165, 1.54) is 6.92 Å². The van der Waals surface area contributed by atoms with Crippen LogP contribution >= 0.6 is 0 Å². The zero-order valence-corrected chi connectivity index (χ0v) is 11.7. The zero-order chi connectivity index (χ0) is 15.7. The Morgan fingerprint density at radius 2 is 1.33 bits per heavy atom. The second kappa shape index (κ2) is 4.18. The summed E-state index contributed by atoms with van der Waals surface area (Å²) in [6, 6.07) is 0. The van der Waals surface area contributed by atoms with Crippen LogP contribution in [0.3, 0.4) is 0 Å². The first-order valence-corrected chi connectivity index (χ1v) is 6.78. The molecule has 0 aromatic heterocycles. The van der Waals surface area contributed by atoms with E-state index in [1.54, 1.807) is 6.92 Å². The van der Waals surface area contributed by atoms with E-state index < -0.39 is 40.5 Å². The van der Waals surface area contributed by atoms with Crippen LogP contribution in [0.25, 0.3) is 0 Å². The second-order valence-corrected chi connectivity index (χ2v) is 5.97. The summed E-state index contributed by atoms with van der Waals surface area (Å²) in [7, 11) is 0. The average molecular weight is 298 g/mol. The Hall–Kier alpha value is -1.65. The van der Waals surface area contributed by atoms with Gasteiger partial charge in [-0.2, -0.15) is 0 Å². The van der Waals surface area contributed by atoms with E-state index >= 15 is 0 Å². The smallest absolute Gasteiger partial charge is 0.197 e. The van der Waals surface area contributed by atoms with Gasteiger partial charge >= 0.3 is 0 Å². The van der Waals surface area contributed by atoms with Crippen LogP contribution in [-0.2, 0) is 4.79 Å². The van der Waals surface area contributed by atoms with Gasteiger partial charge in [0.1, 0.15) is 5.78 Å². The molecule has 0 unspecified atom stereocenters. The van der Waals surface area contributed by atoms with E-state index in [0.717, 1.165) is 0 Å². The van der Waals surface area contributed by atoms with Crippen molar-refractivity contribution >= 4 is 5.78 Å². The molecular weight excluding hydrogens is 284 g/mol. The van der Waals surface area contributed by atoms with Gasteiger partial charge in [-0.3, -0.25) is 4.79 Å². The van der Waals surface area contributed by atoms with Crippen molar-refractivity contribution in [2.45, 2.75) is 38.5 Å². The summed E-state index contributed by atoms with van der Waals surface area (Å²) in [5.74, 6) is -7.96. The topological polar surface area (TPSA) is 17.1 Å². The minimum atomic E-state index is -1.81. The van der Waals surface area contributed by atoms with Gasteiger partial charge in [0.05, 0.1) is 5.41 Å². The van der Waals surface area contributed by atoms with Crippen molar-refractivity contribution in [2.24, 2.45) is 5.41 Å². The van der Waals surface area contributed by atoms with Crippen LogP contribution < -0.4 is 0 Å². The van der Waals surface area contributed by atoms with Crippen molar-refractivity contribution in [3.63, 3.8) is 0 Å². The summed E-state index contributed by atoms with van der Waals surface area (Å²) >= 11 is 0. The van der Waals surface area contributed by atoms with Crippen LogP contribution in [0.5, 0.6) is 0 Å². The van der Waals surface area contributed by atoms with Crippen LogP contribution in [0, 0.1) is 28.7 Å². The van der Waals surface area contributed by atoms with E-state index in [0.29, 0.717) is 18.4 Å². The molecule has 5 heteroatoms. The number of carbonyl (C=O) groups excluding carboxylic acids is 1. The highest BCUT2D eigenvalue weighted by Crippen LogP contribution is 2.68. The number of hydrogen-bond acceptors (Lipinski definition) is 1. The fourth-order valence-electron chi connectivity index (χ4n) is 4.51. The molecule has 21 heavy (non-hydrogen) atoms. The molecule has 2 aliphatic carbocycles. The van der Waals surface area contributed by atoms with Crippen molar-refractivity contribution in [3.05, 3.63) is 46.5 Å². The Balaban J connectivity index is 2.39. The summed E-state index contributed by atoms with van der Waals surface area (Å²) < 4.78 is 55.4. The molecule has 0 amide bonds. The first-order chi connectivity index (χ1) is 9.76. The first kappa shape index (κ1) is 14.3. The third-order valence-electron chi connectivity index (χ3n) is 5.17. The second-order valence-electron chi connectivity index (χ2n) is 5.97. The summed E-state index contributed by atoms with van der Waals surface area (Å²) in [5.41, 5.74) is -1.02. The van der Waals surface area contributed by atoms with E-state index in [1.807, 2.05) is 0 Å². The minimum Gasteiger partial charge on any atom is -0.299 e.